The summed E-state index contributed by atoms with van der Waals surface area (Å²) in [7, 11) is 1.41. The van der Waals surface area contributed by atoms with E-state index in [0.29, 0.717) is 27.0 Å². The maximum atomic E-state index is 13.1. The number of hydrogen-bond donors (Lipinski definition) is 2. The number of amides is 3. The van der Waals surface area contributed by atoms with E-state index in [1.165, 1.54) is 13.2 Å². The Balaban J connectivity index is 1.52. The maximum Gasteiger partial charge on any atom is 0.283 e. The lowest BCUT2D eigenvalue weighted by Gasteiger charge is -2.18. The van der Waals surface area contributed by atoms with Crippen molar-refractivity contribution >= 4 is 69.6 Å². The lowest BCUT2D eigenvalue weighted by molar-refractivity contribution is -0.120. The third kappa shape index (κ3) is 4.98. The Labute approximate surface area is 216 Å². The Morgan fingerprint density at radius 2 is 1.54 bits per heavy atom. The van der Waals surface area contributed by atoms with Gasteiger partial charge in [-0.25, -0.2) is 4.90 Å². The predicted octanol–water partition coefficient (Wildman–Crippen LogP) is 6.00. The number of methoxy groups -OCH3 is 1. The fourth-order valence-electron chi connectivity index (χ4n) is 3.44. The van der Waals surface area contributed by atoms with Crippen molar-refractivity contribution in [2.45, 2.75) is 6.92 Å². The number of imide groups is 1. The average molecular weight is 531 g/mol. The van der Waals surface area contributed by atoms with Gasteiger partial charge in [-0.2, -0.15) is 0 Å². The van der Waals surface area contributed by atoms with Gasteiger partial charge < -0.3 is 15.4 Å². The van der Waals surface area contributed by atoms with Crippen LogP contribution in [0.4, 0.5) is 17.1 Å². The molecule has 0 radical (unpaired) electrons. The Kier molecular flexibility index (Phi) is 7.03. The largest absolute Gasteiger partial charge is 0.495 e. The van der Waals surface area contributed by atoms with Crippen molar-refractivity contribution in [1.29, 1.82) is 0 Å². The molecule has 0 aliphatic carbocycles. The summed E-state index contributed by atoms with van der Waals surface area (Å²) < 4.78 is 5.26. The van der Waals surface area contributed by atoms with Crippen molar-refractivity contribution in [2.24, 2.45) is 0 Å². The number of halogens is 3. The number of ether oxygens (including phenoxy) is 1. The van der Waals surface area contributed by atoms with E-state index in [9.17, 15) is 14.4 Å². The third-order valence-corrected chi connectivity index (χ3v) is 6.09. The Bertz CT molecular complexity index is 1390. The van der Waals surface area contributed by atoms with Gasteiger partial charge in [0.2, 0.25) is 0 Å². The zero-order chi connectivity index (χ0) is 25.3. The smallest absolute Gasteiger partial charge is 0.283 e. The highest BCUT2D eigenvalue weighted by atomic mass is 35.5. The molecule has 0 fully saturated rings. The molecule has 178 valence electrons. The molecule has 0 aromatic heterocycles. The van der Waals surface area contributed by atoms with E-state index in [4.69, 9.17) is 39.5 Å². The highest BCUT2D eigenvalue weighted by Crippen LogP contribution is 2.37. The highest BCUT2D eigenvalue weighted by molar-refractivity contribution is 6.53. The summed E-state index contributed by atoms with van der Waals surface area (Å²) in [4.78, 5) is 39.4. The van der Waals surface area contributed by atoms with Crippen LogP contribution in [0.5, 0.6) is 5.75 Å². The first kappa shape index (κ1) is 24.6. The van der Waals surface area contributed by atoms with E-state index < -0.39 is 11.8 Å². The van der Waals surface area contributed by atoms with Crippen LogP contribution < -0.4 is 20.3 Å². The zero-order valence-corrected chi connectivity index (χ0v) is 20.8. The van der Waals surface area contributed by atoms with Crippen molar-refractivity contribution in [3.63, 3.8) is 0 Å². The summed E-state index contributed by atoms with van der Waals surface area (Å²) in [6.07, 6.45) is 0. The molecule has 0 saturated carbocycles. The molecule has 7 nitrogen and oxygen atoms in total. The number of anilines is 3. The second-order valence-corrected chi connectivity index (χ2v) is 8.82. The maximum absolute atomic E-state index is 13.1. The minimum atomic E-state index is -0.715. The first-order valence-corrected chi connectivity index (χ1v) is 11.4. The van der Waals surface area contributed by atoms with E-state index in [1.807, 2.05) is 13.0 Å². The van der Waals surface area contributed by atoms with Gasteiger partial charge in [0.25, 0.3) is 17.7 Å². The van der Waals surface area contributed by atoms with Gasteiger partial charge in [-0.3, -0.25) is 14.4 Å². The van der Waals surface area contributed by atoms with E-state index in [-0.39, 0.29) is 28.1 Å². The van der Waals surface area contributed by atoms with E-state index >= 15 is 0 Å². The molecule has 4 rings (SSSR count). The molecular weight excluding hydrogens is 513 g/mol. The van der Waals surface area contributed by atoms with Gasteiger partial charge in [0.05, 0.1) is 12.8 Å². The third-order valence-electron chi connectivity index (χ3n) is 5.27. The van der Waals surface area contributed by atoms with Crippen LogP contribution in [0.25, 0.3) is 0 Å². The molecule has 10 heteroatoms. The molecule has 0 bridgehead atoms. The van der Waals surface area contributed by atoms with Crippen molar-refractivity contribution in [2.75, 3.05) is 22.6 Å². The van der Waals surface area contributed by atoms with Gasteiger partial charge in [0.15, 0.2) is 0 Å². The number of aryl methyl sites for hydroxylation is 1. The number of carbonyl (C=O) groups is 3. The van der Waals surface area contributed by atoms with Crippen molar-refractivity contribution in [1.82, 2.24) is 0 Å². The van der Waals surface area contributed by atoms with Gasteiger partial charge >= 0.3 is 0 Å². The fraction of sp³-hybridized carbons (Fsp3) is 0.0800. The van der Waals surface area contributed by atoms with Crippen molar-refractivity contribution in [3.05, 3.63) is 92.6 Å². The van der Waals surface area contributed by atoms with Crippen LogP contribution in [0.2, 0.25) is 10.0 Å². The molecule has 2 N–H and O–H groups in total. The summed E-state index contributed by atoms with van der Waals surface area (Å²) in [5.74, 6) is -1.43. The van der Waals surface area contributed by atoms with Crippen molar-refractivity contribution < 1.29 is 19.1 Å². The lowest BCUT2D eigenvalue weighted by atomic mass is 10.1. The standard InChI is InChI=1S/C25H18Cl3N3O4/c1-13-3-6-15(26)11-18(13)30-23(32)14-4-8-17(9-5-14)29-22-21(28)24(33)31(25(22)34)19-12-16(27)7-10-20(19)35-2/h3-12,29H,1-2H3,(H,30,32). The lowest BCUT2D eigenvalue weighted by Crippen LogP contribution is -2.32. The molecule has 3 aromatic rings. The van der Waals surface area contributed by atoms with Crippen LogP contribution >= 0.6 is 34.8 Å². The molecular formula is C25H18Cl3N3O4. The second kappa shape index (κ2) is 10.00. The first-order valence-electron chi connectivity index (χ1n) is 10.3. The normalized spacial score (nSPS) is 13.3. The second-order valence-electron chi connectivity index (χ2n) is 7.57. The van der Waals surface area contributed by atoms with E-state index in [1.54, 1.807) is 48.5 Å². The van der Waals surface area contributed by atoms with Crippen LogP contribution in [-0.2, 0) is 9.59 Å². The van der Waals surface area contributed by atoms with E-state index in [0.717, 1.165) is 10.5 Å². The number of hydrogen-bond acceptors (Lipinski definition) is 5. The predicted molar refractivity (Wildman–Crippen MR) is 138 cm³/mol. The summed E-state index contributed by atoms with van der Waals surface area (Å²) in [5, 5.41) is 6.23. The Morgan fingerprint density at radius 3 is 2.23 bits per heavy atom. The summed E-state index contributed by atoms with van der Waals surface area (Å²) >= 11 is 18.3. The Morgan fingerprint density at radius 1 is 0.886 bits per heavy atom. The van der Waals surface area contributed by atoms with Crippen LogP contribution in [-0.4, -0.2) is 24.8 Å². The quantitative estimate of drug-likeness (QED) is 0.382. The van der Waals surface area contributed by atoms with Crippen LogP contribution in [0.15, 0.2) is 71.4 Å². The number of nitrogens with zero attached hydrogens (tertiary/aromatic N) is 1. The highest BCUT2D eigenvalue weighted by Gasteiger charge is 2.40. The van der Waals surface area contributed by atoms with Gasteiger partial charge in [-0.05, 0) is 67.1 Å². The monoisotopic (exact) mass is 529 g/mol. The summed E-state index contributed by atoms with van der Waals surface area (Å²) in [5.41, 5.74) is 2.38. The molecule has 1 aliphatic heterocycles. The van der Waals surface area contributed by atoms with Crippen molar-refractivity contribution in [3.8, 4) is 5.75 Å². The Hall–Kier alpha value is -3.52. The van der Waals surface area contributed by atoms with Gasteiger partial charge in [-0.1, -0.05) is 40.9 Å². The molecule has 0 spiro atoms. The molecule has 3 amide bonds. The molecule has 0 atom stereocenters. The minimum Gasteiger partial charge on any atom is -0.495 e. The van der Waals surface area contributed by atoms with E-state index in [2.05, 4.69) is 10.6 Å². The van der Waals surface area contributed by atoms with Gasteiger partial charge in [-0.15, -0.1) is 0 Å². The summed E-state index contributed by atoms with van der Waals surface area (Å²) in [6.45, 7) is 1.86. The van der Waals surface area contributed by atoms with Crippen LogP contribution in [0.3, 0.4) is 0 Å². The molecule has 0 unspecified atom stereocenters. The van der Waals surface area contributed by atoms with Crippen LogP contribution in [0.1, 0.15) is 15.9 Å². The number of nitrogens with one attached hydrogen (secondary N) is 2. The topological polar surface area (TPSA) is 87.7 Å². The SMILES string of the molecule is COc1ccc(Cl)cc1N1C(=O)C(Cl)=C(Nc2ccc(C(=O)Nc3cc(Cl)ccc3C)cc2)C1=O. The number of carbonyl (C=O) groups excluding carboxylic acids is 3. The molecule has 1 heterocycles. The number of rotatable bonds is 6. The zero-order valence-electron chi connectivity index (χ0n) is 18.5. The minimum absolute atomic E-state index is 0.106. The molecule has 35 heavy (non-hydrogen) atoms. The molecule has 1 aliphatic rings. The fourth-order valence-corrected chi connectivity index (χ4v) is 3.99. The average Bonchev–Trinajstić information content (AvgIpc) is 3.04. The van der Waals surface area contributed by atoms with Crippen LogP contribution in [0, 0.1) is 6.92 Å². The van der Waals surface area contributed by atoms with Gasteiger partial charge in [0, 0.05) is 27.0 Å². The molecule has 0 saturated heterocycles. The number of benzene rings is 3. The summed E-state index contributed by atoms with van der Waals surface area (Å²) in [6, 6.07) is 16.1. The van der Waals surface area contributed by atoms with Gasteiger partial charge in [0.1, 0.15) is 16.5 Å². The molecule has 3 aromatic carbocycles. The first-order chi connectivity index (χ1) is 16.7.